The summed E-state index contributed by atoms with van der Waals surface area (Å²) in [4.78, 5) is 0. The second-order valence-electron chi connectivity index (χ2n) is 2.40. The summed E-state index contributed by atoms with van der Waals surface area (Å²) in [5.74, 6) is -0.152. The van der Waals surface area contributed by atoms with Crippen molar-refractivity contribution >= 4 is 38.5 Å². The van der Waals surface area contributed by atoms with Crippen molar-refractivity contribution < 1.29 is 17.9 Å². The van der Waals surface area contributed by atoms with Crippen LogP contribution in [0.5, 0.6) is 5.75 Å². The molecular weight excluding hydrogens is 376 g/mol. The van der Waals surface area contributed by atoms with Gasteiger partial charge in [0, 0.05) is 14.5 Å². The first-order chi connectivity index (χ1) is 6.44. The molecule has 1 aromatic rings. The highest BCUT2D eigenvalue weighted by atomic mass is 127. The summed E-state index contributed by atoms with van der Waals surface area (Å²) in [5.41, 5.74) is 0.505. The Labute approximate surface area is 101 Å². The molecule has 0 saturated carbocycles. The molecular formula is C8H5BrF3IO. The number of alkyl halides is 4. The molecule has 0 atom stereocenters. The van der Waals surface area contributed by atoms with Crippen LogP contribution in [0.2, 0.25) is 0 Å². The molecule has 1 rings (SSSR count). The molecule has 0 aliphatic rings. The van der Waals surface area contributed by atoms with Gasteiger partial charge in [-0.05, 0) is 34.7 Å². The van der Waals surface area contributed by atoms with Crippen molar-refractivity contribution in [3.8, 4) is 5.75 Å². The molecule has 0 unspecified atom stereocenters. The van der Waals surface area contributed by atoms with Gasteiger partial charge in [-0.2, -0.15) is 0 Å². The maximum absolute atomic E-state index is 11.9. The van der Waals surface area contributed by atoms with Crippen LogP contribution in [0.25, 0.3) is 0 Å². The van der Waals surface area contributed by atoms with E-state index in [2.05, 4.69) is 20.7 Å². The fourth-order valence-electron chi connectivity index (χ4n) is 0.889. The van der Waals surface area contributed by atoms with Crippen molar-refractivity contribution in [1.82, 2.24) is 0 Å². The Bertz CT molecular complexity index is 327. The lowest BCUT2D eigenvalue weighted by Crippen LogP contribution is -2.18. The molecule has 14 heavy (non-hydrogen) atoms. The molecule has 1 nitrogen and oxygen atoms in total. The predicted molar refractivity (Wildman–Crippen MR) is 58.5 cm³/mol. The number of hydrogen-bond acceptors (Lipinski definition) is 1. The minimum absolute atomic E-state index is 0.152. The third-order valence-corrected chi connectivity index (χ3v) is 3.01. The van der Waals surface area contributed by atoms with E-state index >= 15 is 0 Å². The summed E-state index contributed by atoms with van der Waals surface area (Å²) in [6.45, 7) is 0. The van der Waals surface area contributed by atoms with Crippen LogP contribution in [0.4, 0.5) is 13.2 Å². The first kappa shape index (κ1) is 12.1. The molecule has 78 valence electrons. The fourth-order valence-corrected chi connectivity index (χ4v) is 2.66. The molecule has 0 spiro atoms. The van der Waals surface area contributed by atoms with Crippen LogP contribution in [0.15, 0.2) is 18.2 Å². The van der Waals surface area contributed by atoms with Crippen LogP contribution >= 0.6 is 38.5 Å². The minimum atomic E-state index is -4.64. The van der Waals surface area contributed by atoms with Crippen molar-refractivity contribution in [1.29, 1.82) is 0 Å². The summed E-state index contributed by atoms with van der Waals surface area (Å²) in [6, 6.07) is 4.54. The van der Waals surface area contributed by atoms with E-state index < -0.39 is 6.36 Å². The van der Waals surface area contributed by atoms with E-state index in [1.165, 1.54) is 12.1 Å². The van der Waals surface area contributed by atoms with Crippen molar-refractivity contribution in [3.63, 3.8) is 0 Å². The molecule has 0 heterocycles. The maximum atomic E-state index is 11.9. The Kier molecular flexibility index (Phi) is 4.05. The van der Waals surface area contributed by atoms with Gasteiger partial charge in [0.25, 0.3) is 0 Å². The normalized spacial score (nSPS) is 11.5. The molecule has 0 aliphatic heterocycles. The van der Waals surface area contributed by atoms with E-state index in [0.717, 1.165) is 3.57 Å². The third-order valence-electron chi connectivity index (χ3n) is 1.44. The van der Waals surface area contributed by atoms with Crippen LogP contribution in [0.3, 0.4) is 0 Å². The van der Waals surface area contributed by atoms with Gasteiger partial charge < -0.3 is 4.74 Å². The quantitative estimate of drug-likeness (QED) is 0.554. The number of ether oxygens (including phenoxy) is 1. The second kappa shape index (κ2) is 4.69. The summed E-state index contributed by atoms with van der Waals surface area (Å²) in [5, 5.41) is 0.331. The van der Waals surface area contributed by atoms with Crippen molar-refractivity contribution in [2.75, 3.05) is 0 Å². The van der Waals surface area contributed by atoms with E-state index in [9.17, 15) is 13.2 Å². The van der Waals surface area contributed by atoms with Gasteiger partial charge in [-0.3, -0.25) is 0 Å². The topological polar surface area (TPSA) is 9.23 Å². The highest BCUT2D eigenvalue weighted by Gasteiger charge is 2.32. The molecule has 0 amide bonds. The van der Waals surface area contributed by atoms with Gasteiger partial charge in [0.05, 0.1) is 0 Å². The summed E-state index contributed by atoms with van der Waals surface area (Å²) >= 11 is 5.07. The average molecular weight is 381 g/mol. The minimum Gasteiger partial charge on any atom is -0.405 e. The largest absolute Gasteiger partial charge is 0.573 e. The second-order valence-corrected chi connectivity index (χ2v) is 4.12. The highest BCUT2D eigenvalue weighted by molar-refractivity contribution is 14.1. The van der Waals surface area contributed by atoms with Crippen molar-refractivity contribution in [2.45, 2.75) is 11.7 Å². The van der Waals surface area contributed by atoms with Crippen LogP contribution in [-0.2, 0) is 5.33 Å². The SMILES string of the molecule is FC(F)(F)Oc1cccc(I)c1CBr. The number of halogens is 5. The molecule has 0 aliphatic carbocycles. The summed E-state index contributed by atoms with van der Waals surface area (Å²) in [6.07, 6.45) is -4.64. The van der Waals surface area contributed by atoms with Crippen LogP contribution in [-0.4, -0.2) is 6.36 Å². The van der Waals surface area contributed by atoms with E-state index in [0.29, 0.717) is 10.9 Å². The zero-order chi connectivity index (χ0) is 10.8. The molecule has 0 bridgehead atoms. The Hall–Kier alpha value is 0.0200. The zero-order valence-corrected chi connectivity index (χ0v) is 10.5. The van der Waals surface area contributed by atoms with Gasteiger partial charge in [-0.25, -0.2) is 0 Å². The molecule has 0 aromatic heterocycles. The predicted octanol–water partition coefficient (Wildman–Crippen LogP) is 4.08. The first-order valence-electron chi connectivity index (χ1n) is 3.53. The smallest absolute Gasteiger partial charge is 0.405 e. The molecule has 0 N–H and O–H groups in total. The molecule has 6 heteroatoms. The van der Waals surface area contributed by atoms with E-state index in [1.807, 2.05) is 22.6 Å². The lowest BCUT2D eigenvalue weighted by molar-refractivity contribution is -0.274. The van der Waals surface area contributed by atoms with Crippen LogP contribution < -0.4 is 4.74 Å². The highest BCUT2D eigenvalue weighted by Crippen LogP contribution is 2.30. The Morgan fingerprint density at radius 3 is 2.50 bits per heavy atom. The number of hydrogen-bond donors (Lipinski definition) is 0. The summed E-state index contributed by atoms with van der Waals surface area (Å²) in [7, 11) is 0. The standard InChI is InChI=1S/C8H5BrF3IO/c9-4-5-6(13)2-1-3-7(5)14-8(10,11)12/h1-3H,4H2. The number of rotatable bonds is 2. The molecule has 0 fully saturated rings. The van der Waals surface area contributed by atoms with Gasteiger partial charge >= 0.3 is 6.36 Å². The van der Waals surface area contributed by atoms with Gasteiger partial charge in [0.1, 0.15) is 5.75 Å². The fraction of sp³-hybridized carbons (Fsp3) is 0.250. The Morgan fingerprint density at radius 2 is 2.00 bits per heavy atom. The van der Waals surface area contributed by atoms with Gasteiger partial charge in [-0.15, -0.1) is 13.2 Å². The van der Waals surface area contributed by atoms with E-state index in [-0.39, 0.29) is 5.75 Å². The van der Waals surface area contributed by atoms with Gasteiger partial charge in [0.15, 0.2) is 0 Å². The molecule has 1 aromatic carbocycles. The monoisotopic (exact) mass is 380 g/mol. The van der Waals surface area contributed by atoms with E-state index in [1.54, 1.807) is 6.07 Å². The van der Waals surface area contributed by atoms with Crippen LogP contribution in [0.1, 0.15) is 5.56 Å². The lowest BCUT2D eigenvalue weighted by Gasteiger charge is -2.12. The number of benzene rings is 1. The lowest BCUT2D eigenvalue weighted by atomic mass is 10.2. The van der Waals surface area contributed by atoms with Gasteiger partial charge in [-0.1, -0.05) is 22.0 Å². The van der Waals surface area contributed by atoms with Crippen LogP contribution in [0, 0.1) is 3.57 Å². The van der Waals surface area contributed by atoms with E-state index in [4.69, 9.17) is 0 Å². The molecule has 0 radical (unpaired) electrons. The molecule has 0 saturated heterocycles. The Morgan fingerprint density at radius 1 is 1.36 bits per heavy atom. The third kappa shape index (κ3) is 3.30. The summed E-state index contributed by atoms with van der Waals surface area (Å²) < 4.78 is 40.5. The zero-order valence-electron chi connectivity index (χ0n) is 6.74. The Balaban J connectivity index is 3.02. The maximum Gasteiger partial charge on any atom is 0.573 e. The van der Waals surface area contributed by atoms with Crippen molar-refractivity contribution in [3.05, 3.63) is 27.3 Å². The first-order valence-corrected chi connectivity index (χ1v) is 5.73. The van der Waals surface area contributed by atoms with Gasteiger partial charge in [0.2, 0.25) is 0 Å². The average Bonchev–Trinajstić information content (AvgIpc) is 2.01. The van der Waals surface area contributed by atoms with Crippen molar-refractivity contribution in [2.24, 2.45) is 0 Å².